The van der Waals surface area contributed by atoms with Crippen LogP contribution in [-0.2, 0) is 9.47 Å². The van der Waals surface area contributed by atoms with Gasteiger partial charge in [0.25, 0.3) is 6.01 Å². The van der Waals surface area contributed by atoms with E-state index < -0.39 is 36.9 Å². The Balaban J connectivity index is 5.32. The van der Waals surface area contributed by atoms with E-state index in [2.05, 4.69) is 4.74 Å². The zero-order chi connectivity index (χ0) is 15.7. The highest BCUT2D eigenvalue weighted by Crippen LogP contribution is 2.49. The number of alkyl halides is 9. The van der Waals surface area contributed by atoms with Gasteiger partial charge >= 0.3 is 24.2 Å². The molecule has 0 amide bonds. The zero-order valence-corrected chi connectivity index (χ0v) is 8.51. The first-order valence-electron chi connectivity index (χ1n) is 3.99. The molecule has 2 nitrogen and oxygen atoms in total. The van der Waals surface area contributed by atoms with E-state index in [1.54, 1.807) is 0 Å². The summed E-state index contributed by atoms with van der Waals surface area (Å²) in [7, 11) is 0. The second-order valence-electron chi connectivity index (χ2n) is 2.94. The average Bonchev–Trinajstić information content (AvgIpc) is 2.13. The molecular weight excluding hydrogens is 306 g/mol. The fourth-order valence-electron chi connectivity index (χ4n) is 0.651. The summed E-state index contributed by atoms with van der Waals surface area (Å²) in [5.41, 5.74) is 0. The van der Waals surface area contributed by atoms with E-state index in [4.69, 9.17) is 0 Å². The molecule has 0 heterocycles. The fraction of sp³-hybridized carbons (Fsp3) is 0.714. The second-order valence-corrected chi connectivity index (χ2v) is 2.94. The number of hydrogen-bond acceptors (Lipinski definition) is 2. The first kappa shape index (κ1) is 17.8. The van der Waals surface area contributed by atoms with Crippen LogP contribution < -0.4 is 0 Å². The molecule has 0 aromatic rings. The van der Waals surface area contributed by atoms with Crippen molar-refractivity contribution < 1.29 is 53.4 Å². The summed E-state index contributed by atoms with van der Waals surface area (Å²) in [4.78, 5) is 0. The van der Waals surface area contributed by atoms with Crippen molar-refractivity contribution in [3.05, 3.63) is 12.6 Å². The molecule has 0 rings (SSSR count). The highest BCUT2D eigenvalue weighted by Gasteiger charge is 2.77. The number of rotatable bonds is 7. The Bertz CT molecular complexity index is 339. The first-order valence-corrected chi connectivity index (χ1v) is 3.99. The van der Waals surface area contributed by atoms with E-state index in [-0.39, 0.29) is 0 Å². The molecule has 0 atom stereocenters. The molecule has 114 valence electrons. The Morgan fingerprint density at radius 1 is 0.895 bits per heavy atom. The minimum absolute atomic E-state index is 1.93. The molecule has 0 radical (unpaired) electrons. The molecule has 0 aromatic heterocycles. The standard InChI is InChI=1S/C7H4F10O2/c1-3(9)18-6(14,15)5(12,13)7(16,17)19-4(10,11)2-8/h1-2H2. The van der Waals surface area contributed by atoms with Gasteiger partial charge in [-0.3, -0.25) is 0 Å². The molecule has 0 aliphatic carbocycles. The first-order chi connectivity index (χ1) is 8.18. The van der Waals surface area contributed by atoms with Crippen molar-refractivity contribution in [2.24, 2.45) is 0 Å². The third-order valence-electron chi connectivity index (χ3n) is 1.40. The van der Waals surface area contributed by atoms with E-state index in [9.17, 15) is 43.9 Å². The van der Waals surface area contributed by atoms with Crippen LogP contribution in [0.3, 0.4) is 0 Å². The summed E-state index contributed by atoms with van der Waals surface area (Å²) in [6.45, 7) is -1.05. The minimum Gasteiger partial charge on any atom is -0.402 e. The highest BCUT2D eigenvalue weighted by molar-refractivity contribution is 4.89. The highest BCUT2D eigenvalue weighted by atomic mass is 19.4. The van der Waals surface area contributed by atoms with Crippen LogP contribution in [0.2, 0.25) is 0 Å². The predicted molar refractivity (Wildman–Crippen MR) is 38.2 cm³/mol. The van der Waals surface area contributed by atoms with Crippen LogP contribution in [0.15, 0.2) is 12.6 Å². The van der Waals surface area contributed by atoms with Gasteiger partial charge in [-0.1, -0.05) is 0 Å². The van der Waals surface area contributed by atoms with Crippen molar-refractivity contribution in [2.45, 2.75) is 24.2 Å². The molecule has 0 aliphatic heterocycles. The van der Waals surface area contributed by atoms with Crippen molar-refractivity contribution in [3.8, 4) is 0 Å². The second kappa shape index (κ2) is 5.06. The van der Waals surface area contributed by atoms with Crippen LogP contribution in [0.4, 0.5) is 43.9 Å². The lowest BCUT2D eigenvalue weighted by Gasteiger charge is -2.32. The Morgan fingerprint density at radius 3 is 1.63 bits per heavy atom. The van der Waals surface area contributed by atoms with E-state index in [1.165, 1.54) is 0 Å². The summed E-state index contributed by atoms with van der Waals surface area (Å²) in [6.07, 6.45) is -18.3. The third-order valence-corrected chi connectivity index (χ3v) is 1.40. The van der Waals surface area contributed by atoms with Crippen molar-refractivity contribution in [2.75, 3.05) is 6.67 Å². The summed E-state index contributed by atoms with van der Waals surface area (Å²) >= 11 is 0. The van der Waals surface area contributed by atoms with Gasteiger partial charge in [-0.25, -0.2) is 9.13 Å². The zero-order valence-electron chi connectivity index (χ0n) is 8.51. The van der Waals surface area contributed by atoms with E-state index in [0.29, 0.717) is 0 Å². The fourth-order valence-corrected chi connectivity index (χ4v) is 0.651. The lowest BCUT2D eigenvalue weighted by molar-refractivity contribution is -0.485. The smallest absolute Gasteiger partial charge is 0.402 e. The van der Waals surface area contributed by atoms with Gasteiger partial charge in [0, 0.05) is 0 Å². The Hall–Kier alpha value is -1.20. The van der Waals surface area contributed by atoms with Crippen LogP contribution in [0.5, 0.6) is 0 Å². The maximum Gasteiger partial charge on any atom is 0.475 e. The molecule has 0 unspecified atom stereocenters. The summed E-state index contributed by atoms with van der Waals surface area (Å²) in [5.74, 6) is -6.73. The van der Waals surface area contributed by atoms with Crippen LogP contribution in [0.25, 0.3) is 0 Å². The molecule has 19 heavy (non-hydrogen) atoms. The van der Waals surface area contributed by atoms with Crippen molar-refractivity contribution in [1.29, 1.82) is 0 Å². The predicted octanol–water partition coefficient (Wildman–Crippen LogP) is 3.84. The Labute approximate surface area is 98.1 Å². The molecule has 0 saturated carbocycles. The molecule has 0 aromatic carbocycles. The summed E-state index contributed by atoms with van der Waals surface area (Å²) < 4.78 is 127. The normalized spacial score (nSPS) is 14.4. The molecule has 12 heteroatoms. The third kappa shape index (κ3) is 3.88. The van der Waals surface area contributed by atoms with Gasteiger partial charge in [0.05, 0.1) is 0 Å². The van der Waals surface area contributed by atoms with Crippen LogP contribution in [0.1, 0.15) is 0 Å². The SMILES string of the molecule is C=C(F)OC(F)(F)C(F)(F)C(F)(F)OC(F)(F)CF. The van der Waals surface area contributed by atoms with E-state index in [1.807, 2.05) is 11.3 Å². The molecule has 0 fully saturated rings. The summed E-state index contributed by atoms with van der Waals surface area (Å²) in [6, 6.07) is -2.59. The minimum atomic E-state index is -6.73. The molecular formula is C7H4F10O2. The average molecular weight is 310 g/mol. The topological polar surface area (TPSA) is 18.5 Å². The van der Waals surface area contributed by atoms with Crippen molar-refractivity contribution >= 4 is 0 Å². The number of ether oxygens (including phenoxy) is 2. The molecule has 0 saturated heterocycles. The largest absolute Gasteiger partial charge is 0.475 e. The lowest BCUT2D eigenvalue weighted by Crippen LogP contribution is -2.58. The van der Waals surface area contributed by atoms with Gasteiger partial charge in [-0.2, -0.15) is 39.5 Å². The Morgan fingerprint density at radius 2 is 1.32 bits per heavy atom. The van der Waals surface area contributed by atoms with E-state index in [0.717, 1.165) is 0 Å². The monoisotopic (exact) mass is 310 g/mol. The van der Waals surface area contributed by atoms with E-state index >= 15 is 0 Å². The molecule has 0 aliphatic rings. The van der Waals surface area contributed by atoms with Crippen LogP contribution in [0, 0.1) is 0 Å². The quantitative estimate of drug-likeness (QED) is 0.525. The van der Waals surface area contributed by atoms with Gasteiger partial charge in [-0.15, -0.1) is 0 Å². The van der Waals surface area contributed by atoms with Gasteiger partial charge in [0.2, 0.25) is 0 Å². The van der Waals surface area contributed by atoms with Crippen LogP contribution >= 0.6 is 0 Å². The molecule has 0 spiro atoms. The number of hydrogen-bond donors (Lipinski definition) is 0. The van der Waals surface area contributed by atoms with Crippen molar-refractivity contribution in [3.63, 3.8) is 0 Å². The van der Waals surface area contributed by atoms with Gasteiger partial charge < -0.3 is 4.74 Å². The van der Waals surface area contributed by atoms with Gasteiger partial charge in [0.15, 0.2) is 6.67 Å². The summed E-state index contributed by atoms with van der Waals surface area (Å²) in [5, 5.41) is 0. The van der Waals surface area contributed by atoms with Crippen LogP contribution in [-0.4, -0.2) is 30.9 Å². The molecule has 0 N–H and O–H groups in total. The molecule has 0 bridgehead atoms. The van der Waals surface area contributed by atoms with Gasteiger partial charge in [-0.05, 0) is 6.58 Å². The Kier molecular flexibility index (Phi) is 4.74. The number of halogens is 10. The maximum absolute atomic E-state index is 12.6. The van der Waals surface area contributed by atoms with Crippen molar-refractivity contribution in [1.82, 2.24) is 0 Å². The maximum atomic E-state index is 12.6. The van der Waals surface area contributed by atoms with Gasteiger partial charge in [0.1, 0.15) is 0 Å². The lowest BCUT2D eigenvalue weighted by atomic mass is 10.3.